The van der Waals surface area contributed by atoms with Crippen LogP contribution in [0.15, 0.2) is 23.1 Å². The van der Waals surface area contributed by atoms with E-state index < -0.39 is 10.0 Å². The van der Waals surface area contributed by atoms with Gasteiger partial charge in [-0.25, -0.2) is 8.42 Å². The second-order valence-electron chi connectivity index (χ2n) is 6.57. The molecule has 1 saturated heterocycles. The molecule has 1 aromatic rings. The SMILES string of the molecule is Cc1ccc(S(=O)(=O)N(C)CC(=O)N2CCC(C)CC2)cc1C. The highest BCUT2D eigenvalue weighted by molar-refractivity contribution is 7.89. The van der Waals surface area contributed by atoms with Crippen LogP contribution < -0.4 is 0 Å². The van der Waals surface area contributed by atoms with E-state index in [0.29, 0.717) is 5.92 Å². The normalized spacial score (nSPS) is 16.8. The molecule has 0 spiro atoms. The molecule has 0 unspecified atom stereocenters. The van der Waals surface area contributed by atoms with Gasteiger partial charge >= 0.3 is 0 Å². The number of rotatable bonds is 4. The molecule has 0 atom stereocenters. The van der Waals surface area contributed by atoms with Gasteiger partial charge in [0.15, 0.2) is 0 Å². The van der Waals surface area contributed by atoms with Gasteiger partial charge in [-0.1, -0.05) is 13.0 Å². The largest absolute Gasteiger partial charge is 0.342 e. The van der Waals surface area contributed by atoms with Crippen LogP contribution in [0.25, 0.3) is 0 Å². The summed E-state index contributed by atoms with van der Waals surface area (Å²) < 4.78 is 26.4. The number of benzene rings is 1. The molecule has 5 nitrogen and oxygen atoms in total. The summed E-state index contributed by atoms with van der Waals surface area (Å²) in [5.74, 6) is 0.517. The highest BCUT2D eigenvalue weighted by atomic mass is 32.2. The number of piperidine rings is 1. The zero-order chi connectivity index (χ0) is 17.2. The highest BCUT2D eigenvalue weighted by Gasteiger charge is 2.27. The third-order valence-corrected chi connectivity index (χ3v) is 6.48. The van der Waals surface area contributed by atoms with Gasteiger partial charge in [0.2, 0.25) is 15.9 Å². The van der Waals surface area contributed by atoms with Crippen LogP contribution in [0.1, 0.15) is 30.9 Å². The van der Waals surface area contributed by atoms with Crippen LogP contribution in [0, 0.1) is 19.8 Å². The molecule has 0 radical (unpaired) electrons. The van der Waals surface area contributed by atoms with E-state index in [1.54, 1.807) is 23.1 Å². The predicted molar refractivity (Wildman–Crippen MR) is 90.7 cm³/mol. The van der Waals surface area contributed by atoms with Crippen LogP contribution in [0.3, 0.4) is 0 Å². The Bertz CT molecular complexity index is 677. The van der Waals surface area contributed by atoms with Gasteiger partial charge in [0.1, 0.15) is 0 Å². The first kappa shape index (κ1) is 17.9. The molecule has 1 heterocycles. The van der Waals surface area contributed by atoms with Gasteiger partial charge in [0, 0.05) is 20.1 Å². The van der Waals surface area contributed by atoms with Gasteiger partial charge in [-0.05, 0) is 55.9 Å². The first-order chi connectivity index (χ1) is 10.7. The fourth-order valence-corrected chi connectivity index (χ4v) is 3.89. The molecule has 2 rings (SSSR count). The van der Waals surface area contributed by atoms with Crippen molar-refractivity contribution in [3.63, 3.8) is 0 Å². The van der Waals surface area contributed by atoms with Crippen molar-refractivity contribution < 1.29 is 13.2 Å². The minimum atomic E-state index is -3.64. The lowest BCUT2D eigenvalue weighted by Gasteiger charge is -2.31. The lowest BCUT2D eigenvalue weighted by atomic mass is 9.99. The maximum atomic E-state index is 12.6. The number of likely N-dealkylation sites (N-methyl/N-ethyl adjacent to an activating group) is 1. The van der Waals surface area contributed by atoms with Crippen molar-refractivity contribution in [1.82, 2.24) is 9.21 Å². The highest BCUT2D eigenvalue weighted by Crippen LogP contribution is 2.19. The summed E-state index contributed by atoms with van der Waals surface area (Å²) in [6, 6.07) is 5.05. The zero-order valence-electron chi connectivity index (χ0n) is 14.4. The molecule has 1 aliphatic rings. The summed E-state index contributed by atoms with van der Waals surface area (Å²) in [4.78, 5) is 14.3. The summed E-state index contributed by atoms with van der Waals surface area (Å²) in [5, 5.41) is 0. The third-order valence-electron chi connectivity index (χ3n) is 4.68. The van der Waals surface area contributed by atoms with Crippen LogP contribution in [0.4, 0.5) is 0 Å². The van der Waals surface area contributed by atoms with Crippen LogP contribution in [0.2, 0.25) is 0 Å². The molecule has 6 heteroatoms. The van der Waals surface area contributed by atoms with E-state index >= 15 is 0 Å². The van der Waals surface area contributed by atoms with Crippen molar-refractivity contribution in [1.29, 1.82) is 0 Å². The number of aryl methyl sites for hydroxylation is 2. The van der Waals surface area contributed by atoms with Gasteiger partial charge in [-0.2, -0.15) is 4.31 Å². The van der Waals surface area contributed by atoms with E-state index in [1.807, 2.05) is 13.8 Å². The first-order valence-corrected chi connectivity index (χ1v) is 9.47. The van der Waals surface area contributed by atoms with Crippen LogP contribution in [-0.2, 0) is 14.8 Å². The van der Waals surface area contributed by atoms with Gasteiger partial charge in [-0.3, -0.25) is 4.79 Å². The lowest BCUT2D eigenvalue weighted by Crippen LogP contribution is -2.44. The van der Waals surface area contributed by atoms with Gasteiger partial charge in [-0.15, -0.1) is 0 Å². The summed E-state index contributed by atoms with van der Waals surface area (Å²) in [6.45, 7) is 7.33. The molecule has 1 aromatic carbocycles. The Kier molecular flexibility index (Phi) is 5.47. The smallest absolute Gasteiger partial charge is 0.243 e. The summed E-state index contributed by atoms with van der Waals surface area (Å²) in [5.41, 5.74) is 1.97. The first-order valence-electron chi connectivity index (χ1n) is 8.03. The minimum Gasteiger partial charge on any atom is -0.342 e. The van der Waals surface area contributed by atoms with Crippen molar-refractivity contribution in [2.24, 2.45) is 5.92 Å². The molecule has 0 aromatic heterocycles. The fourth-order valence-electron chi connectivity index (χ4n) is 2.69. The van der Waals surface area contributed by atoms with Gasteiger partial charge in [0.25, 0.3) is 0 Å². The number of carbonyl (C=O) groups is 1. The maximum absolute atomic E-state index is 12.6. The molecular weight excluding hydrogens is 312 g/mol. The van der Waals surface area contributed by atoms with Gasteiger partial charge in [0.05, 0.1) is 11.4 Å². The third kappa shape index (κ3) is 4.12. The maximum Gasteiger partial charge on any atom is 0.243 e. The number of carbonyl (C=O) groups excluding carboxylic acids is 1. The van der Waals surface area contributed by atoms with Crippen molar-refractivity contribution in [3.05, 3.63) is 29.3 Å². The molecular formula is C17H26N2O3S. The quantitative estimate of drug-likeness (QED) is 0.845. The Balaban J connectivity index is 2.07. The molecule has 0 aliphatic carbocycles. The molecule has 1 fully saturated rings. The van der Waals surface area contributed by atoms with E-state index in [9.17, 15) is 13.2 Å². The van der Waals surface area contributed by atoms with Crippen LogP contribution >= 0.6 is 0 Å². The lowest BCUT2D eigenvalue weighted by molar-refractivity contribution is -0.132. The van der Waals surface area contributed by atoms with Crippen LogP contribution in [0.5, 0.6) is 0 Å². The van der Waals surface area contributed by atoms with Gasteiger partial charge < -0.3 is 4.90 Å². The molecule has 1 aliphatic heterocycles. The number of amides is 1. The van der Waals surface area contributed by atoms with E-state index in [4.69, 9.17) is 0 Å². The van der Waals surface area contributed by atoms with Crippen molar-refractivity contribution in [2.45, 2.75) is 38.5 Å². The van der Waals surface area contributed by atoms with Crippen molar-refractivity contribution >= 4 is 15.9 Å². The molecule has 23 heavy (non-hydrogen) atoms. The van der Waals surface area contributed by atoms with E-state index in [1.165, 1.54) is 7.05 Å². The Morgan fingerprint density at radius 3 is 2.39 bits per heavy atom. The summed E-state index contributed by atoms with van der Waals surface area (Å²) in [6.07, 6.45) is 1.97. The summed E-state index contributed by atoms with van der Waals surface area (Å²) >= 11 is 0. The second kappa shape index (κ2) is 7.01. The van der Waals surface area contributed by atoms with Crippen molar-refractivity contribution in [2.75, 3.05) is 26.7 Å². The number of hydrogen-bond donors (Lipinski definition) is 0. The number of hydrogen-bond acceptors (Lipinski definition) is 3. The average molecular weight is 338 g/mol. The molecule has 1 amide bonds. The fraction of sp³-hybridized carbons (Fsp3) is 0.588. The molecule has 0 bridgehead atoms. The summed E-state index contributed by atoms with van der Waals surface area (Å²) in [7, 11) is -2.17. The molecule has 0 saturated carbocycles. The Labute approximate surface area is 139 Å². The molecule has 0 N–H and O–H groups in total. The number of nitrogens with zero attached hydrogens (tertiary/aromatic N) is 2. The predicted octanol–water partition coefficient (Wildman–Crippen LogP) is 2.18. The molecule has 128 valence electrons. The zero-order valence-corrected chi connectivity index (χ0v) is 15.2. The second-order valence-corrected chi connectivity index (χ2v) is 8.62. The van der Waals surface area contributed by atoms with Crippen LogP contribution in [-0.4, -0.2) is 50.2 Å². The average Bonchev–Trinajstić information content (AvgIpc) is 2.50. The number of likely N-dealkylation sites (tertiary alicyclic amines) is 1. The Hall–Kier alpha value is -1.40. The standard InChI is InChI=1S/C17H26N2O3S/c1-13-7-9-19(10-8-13)17(20)12-18(4)23(21,22)16-6-5-14(2)15(3)11-16/h5-6,11,13H,7-10,12H2,1-4H3. The monoisotopic (exact) mass is 338 g/mol. The van der Waals surface area contributed by atoms with E-state index in [2.05, 4.69) is 6.92 Å². The Morgan fingerprint density at radius 2 is 1.83 bits per heavy atom. The van der Waals surface area contributed by atoms with Crippen molar-refractivity contribution in [3.8, 4) is 0 Å². The van der Waals surface area contributed by atoms with E-state index in [-0.39, 0.29) is 17.3 Å². The van der Waals surface area contributed by atoms with E-state index in [0.717, 1.165) is 41.4 Å². The topological polar surface area (TPSA) is 57.7 Å². The Morgan fingerprint density at radius 1 is 1.22 bits per heavy atom. The minimum absolute atomic E-state index is 0.108. The number of sulfonamides is 1.